The molecule has 2 rings (SSSR count). The first-order chi connectivity index (χ1) is 11.4. The Hall–Kier alpha value is -2.83. The molecule has 1 atom stereocenters. The number of benzene rings is 2. The summed E-state index contributed by atoms with van der Waals surface area (Å²) in [5, 5.41) is 2.31. The number of amides is 1. The molecule has 126 valence electrons. The maximum Gasteiger partial charge on any atom is 0.328 e. The van der Waals surface area contributed by atoms with Gasteiger partial charge in [-0.15, -0.1) is 0 Å². The number of esters is 1. The zero-order valence-electron chi connectivity index (χ0n) is 12.7. The summed E-state index contributed by atoms with van der Waals surface area (Å²) in [4.78, 5) is 23.9. The lowest BCUT2D eigenvalue weighted by Crippen LogP contribution is -2.43. The van der Waals surface area contributed by atoms with Gasteiger partial charge in [0.25, 0.3) is 5.91 Å². The van der Waals surface area contributed by atoms with Crippen LogP contribution in [-0.2, 0) is 16.0 Å². The highest BCUT2D eigenvalue weighted by Gasteiger charge is 2.24. The normalized spacial score (nSPS) is 11.7. The van der Waals surface area contributed by atoms with Crippen molar-refractivity contribution in [1.82, 2.24) is 5.32 Å². The van der Waals surface area contributed by atoms with Crippen LogP contribution in [0.25, 0.3) is 0 Å². The topological polar surface area (TPSA) is 55.4 Å². The molecule has 0 aromatic heterocycles. The molecular formula is C17H14F3NO3. The Morgan fingerprint density at radius 1 is 1.08 bits per heavy atom. The minimum Gasteiger partial charge on any atom is -0.467 e. The van der Waals surface area contributed by atoms with Gasteiger partial charge in [0.05, 0.1) is 12.7 Å². The molecule has 4 nitrogen and oxygen atoms in total. The minimum atomic E-state index is -1.14. The zero-order chi connectivity index (χ0) is 17.7. The molecule has 1 amide bonds. The molecule has 2 aromatic rings. The third-order valence-corrected chi connectivity index (χ3v) is 3.30. The molecule has 0 aliphatic heterocycles. The maximum atomic E-state index is 13.6. The smallest absolute Gasteiger partial charge is 0.328 e. The predicted octanol–water partition coefficient (Wildman–Crippen LogP) is 2.62. The molecule has 0 saturated carbocycles. The Balaban J connectivity index is 2.19. The van der Waals surface area contributed by atoms with Gasteiger partial charge in [-0.1, -0.05) is 12.1 Å². The van der Waals surface area contributed by atoms with E-state index in [0.717, 1.165) is 19.2 Å². The molecule has 0 heterocycles. The van der Waals surface area contributed by atoms with E-state index >= 15 is 0 Å². The monoisotopic (exact) mass is 337 g/mol. The molecule has 0 unspecified atom stereocenters. The first-order valence-corrected chi connectivity index (χ1v) is 6.99. The minimum absolute atomic E-state index is 0.0427. The highest BCUT2D eigenvalue weighted by molar-refractivity contribution is 5.97. The fourth-order valence-corrected chi connectivity index (χ4v) is 2.14. The molecule has 7 heteroatoms. The standard InChI is InChI=1S/C17H14F3NO3/c1-24-17(23)15(8-10-3-2-4-11(18)7-10)21-16(22)13-6-5-12(19)9-14(13)20/h2-7,9,15H,8H2,1H3,(H,21,22)/t15-/m0/s1. The summed E-state index contributed by atoms with van der Waals surface area (Å²) in [6, 6.07) is 6.80. The largest absolute Gasteiger partial charge is 0.467 e. The third-order valence-electron chi connectivity index (χ3n) is 3.30. The number of carbonyl (C=O) groups is 2. The van der Waals surface area contributed by atoms with Crippen molar-refractivity contribution in [2.24, 2.45) is 0 Å². The molecule has 0 aliphatic rings. The molecule has 0 aliphatic carbocycles. The van der Waals surface area contributed by atoms with E-state index in [1.165, 1.54) is 18.2 Å². The number of nitrogens with one attached hydrogen (secondary N) is 1. The number of methoxy groups -OCH3 is 1. The van der Waals surface area contributed by atoms with Crippen LogP contribution in [-0.4, -0.2) is 25.0 Å². The third kappa shape index (κ3) is 4.34. The van der Waals surface area contributed by atoms with Crippen molar-refractivity contribution in [3.8, 4) is 0 Å². The molecule has 1 N–H and O–H groups in total. The van der Waals surface area contributed by atoms with Crippen LogP contribution >= 0.6 is 0 Å². The van der Waals surface area contributed by atoms with Gasteiger partial charge in [0.2, 0.25) is 0 Å². The Labute approximate surface area is 136 Å². The predicted molar refractivity (Wildman–Crippen MR) is 79.7 cm³/mol. The van der Waals surface area contributed by atoms with E-state index in [2.05, 4.69) is 10.1 Å². The van der Waals surface area contributed by atoms with E-state index in [0.29, 0.717) is 11.6 Å². The van der Waals surface area contributed by atoms with Crippen molar-refractivity contribution in [3.05, 3.63) is 71.0 Å². The van der Waals surface area contributed by atoms with Crippen LogP contribution in [0.5, 0.6) is 0 Å². The van der Waals surface area contributed by atoms with Crippen LogP contribution < -0.4 is 5.32 Å². The Bertz CT molecular complexity index is 764. The maximum absolute atomic E-state index is 13.6. The number of carbonyl (C=O) groups excluding carboxylic acids is 2. The van der Waals surface area contributed by atoms with Crippen molar-refractivity contribution in [1.29, 1.82) is 0 Å². The molecule has 0 saturated heterocycles. The van der Waals surface area contributed by atoms with E-state index in [1.54, 1.807) is 6.07 Å². The van der Waals surface area contributed by atoms with Crippen LogP contribution in [0.2, 0.25) is 0 Å². The number of hydrogen-bond acceptors (Lipinski definition) is 3. The van der Waals surface area contributed by atoms with Crippen LogP contribution in [0, 0.1) is 17.5 Å². The van der Waals surface area contributed by atoms with Crippen LogP contribution in [0.15, 0.2) is 42.5 Å². The highest BCUT2D eigenvalue weighted by atomic mass is 19.1. The van der Waals surface area contributed by atoms with Crippen LogP contribution in [0.4, 0.5) is 13.2 Å². The van der Waals surface area contributed by atoms with Crippen LogP contribution in [0.3, 0.4) is 0 Å². The molecule has 0 radical (unpaired) electrons. The molecule has 0 spiro atoms. The fraction of sp³-hybridized carbons (Fsp3) is 0.176. The van der Waals surface area contributed by atoms with Gasteiger partial charge in [-0.3, -0.25) is 4.79 Å². The van der Waals surface area contributed by atoms with Crippen molar-refractivity contribution in [2.75, 3.05) is 7.11 Å². The lowest BCUT2D eigenvalue weighted by Gasteiger charge is -2.17. The molecule has 24 heavy (non-hydrogen) atoms. The Morgan fingerprint density at radius 2 is 1.79 bits per heavy atom. The van der Waals surface area contributed by atoms with Gasteiger partial charge in [-0.05, 0) is 29.8 Å². The second-order valence-electron chi connectivity index (χ2n) is 5.01. The second kappa shape index (κ2) is 7.63. The molecule has 2 aromatic carbocycles. The summed E-state index contributed by atoms with van der Waals surface area (Å²) < 4.78 is 44.4. The van der Waals surface area contributed by atoms with Crippen LogP contribution in [0.1, 0.15) is 15.9 Å². The van der Waals surface area contributed by atoms with Gasteiger partial charge >= 0.3 is 5.97 Å². The van der Waals surface area contributed by atoms with Gasteiger partial charge in [-0.2, -0.15) is 0 Å². The second-order valence-corrected chi connectivity index (χ2v) is 5.01. The van der Waals surface area contributed by atoms with Gasteiger partial charge < -0.3 is 10.1 Å². The number of ether oxygens (including phenoxy) is 1. The summed E-state index contributed by atoms with van der Waals surface area (Å²) in [6.07, 6.45) is -0.0427. The fourth-order valence-electron chi connectivity index (χ4n) is 2.14. The Morgan fingerprint density at radius 3 is 2.42 bits per heavy atom. The summed E-state index contributed by atoms with van der Waals surface area (Å²) in [6.45, 7) is 0. The first-order valence-electron chi connectivity index (χ1n) is 6.99. The van der Waals surface area contributed by atoms with Gasteiger partial charge in [0, 0.05) is 12.5 Å². The van der Waals surface area contributed by atoms with E-state index < -0.39 is 40.9 Å². The SMILES string of the molecule is COC(=O)[C@H](Cc1cccc(F)c1)NC(=O)c1ccc(F)cc1F. The first kappa shape index (κ1) is 17.5. The summed E-state index contributed by atoms with van der Waals surface area (Å²) in [5.74, 6) is -4.04. The molecule has 0 fully saturated rings. The number of halogens is 3. The summed E-state index contributed by atoms with van der Waals surface area (Å²) >= 11 is 0. The van der Waals surface area contributed by atoms with Gasteiger partial charge in [0.1, 0.15) is 23.5 Å². The lowest BCUT2D eigenvalue weighted by molar-refractivity contribution is -0.142. The van der Waals surface area contributed by atoms with Crippen molar-refractivity contribution in [3.63, 3.8) is 0 Å². The van der Waals surface area contributed by atoms with E-state index in [9.17, 15) is 22.8 Å². The van der Waals surface area contributed by atoms with Gasteiger partial charge in [-0.25, -0.2) is 18.0 Å². The van der Waals surface area contributed by atoms with Crippen molar-refractivity contribution in [2.45, 2.75) is 12.5 Å². The average Bonchev–Trinajstić information content (AvgIpc) is 2.53. The number of hydrogen-bond donors (Lipinski definition) is 1. The summed E-state index contributed by atoms with van der Waals surface area (Å²) in [7, 11) is 1.13. The highest BCUT2D eigenvalue weighted by Crippen LogP contribution is 2.12. The summed E-state index contributed by atoms with van der Waals surface area (Å²) in [5.41, 5.74) is 0.0369. The van der Waals surface area contributed by atoms with E-state index in [1.807, 2.05) is 0 Å². The van der Waals surface area contributed by atoms with E-state index in [4.69, 9.17) is 0 Å². The van der Waals surface area contributed by atoms with E-state index in [-0.39, 0.29) is 6.42 Å². The van der Waals surface area contributed by atoms with Gasteiger partial charge in [0.15, 0.2) is 0 Å². The quantitative estimate of drug-likeness (QED) is 0.854. The Kier molecular flexibility index (Phi) is 5.57. The number of rotatable bonds is 5. The average molecular weight is 337 g/mol. The molecule has 0 bridgehead atoms. The zero-order valence-corrected chi connectivity index (χ0v) is 12.7. The lowest BCUT2D eigenvalue weighted by atomic mass is 10.0. The molecular weight excluding hydrogens is 323 g/mol. The van der Waals surface area contributed by atoms with Crippen molar-refractivity contribution < 1.29 is 27.5 Å². The van der Waals surface area contributed by atoms with Crippen molar-refractivity contribution >= 4 is 11.9 Å².